The first kappa shape index (κ1) is 46.5. The van der Waals surface area contributed by atoms with Crippen molar-refractivity contribution in [3.8, 4) is 0 Å². The minimum Gasteiger partial charge on any atom is -0.340 e. The van der Waals surface area contributed by atoms with E-state index in [1.165, 1.54) is 51.8 Å². The van der Waals surface area contributed by atoms with Gasteiger partial charge in [0.2, 0.25) is 0 Å². The van der Waals surface area contributed by atoms with Crippen LogP contribution >= 0.6 is 0 Å². The molecule has 48 heavy (non-hydrogen) atoms. The van der Waals surface area contributed by atoms with Gasteiger partial charge in [0.1, 0.15) is 0 Å². The predicted molar refractivity (Wildman–Crippen MR) is 223 cm³/mol. The fourth-order valence-electron chi connectivity index (χ4n) is 5.52. The van der Waals surface area contributed by atoms with Gasteiger partial charge in [-0.2, -0.15) is 0 Å². The summed E-state index contributed by atoms with van der Waals surface area (Å²) in [5, 5.41) is 0. The van der Waals surface area contributed by atoms with Crippen LogP contribution in [-0.4, -0.2) is 10.4 Å². The number of allylic oxidation sites excluding steroid dienone is 9. The molecule has 0 saturated carbocycles. The van der Waals surface area contributed by atoms with Crippen molar-refractivity contribution in [2.45, 2.75) is 140 Å². The Labute approximate surface area is 299 Å². The van der Waals surface area contributed by atoms with Crippen molar-refractivity contribution in [2.75, 3.05) is 0 Å². The highest BCUT2D eigenvalue weighted by Gasteiger charge is 2.37. The van der Waals surface area contributed by atoms with Crippen molar-refractivity contribution >= 4 is 11.1 Å². The van der Waals surface area contributed by atoms with E-state index in [1.54, 1.807) is 0 Å². The van der Waals surface area contributed by atoms with E-state index >= 15 is 0 Å². The zero-order valence-electron chi connectivity index (χ0n) is 34.0. The molecule has 1 aliphatic rings. The van der Waals surface area contributed by atoms with E-state index in [0.29, 0.717) is 0 Å². The standard InChI is InChI=1S/C28H41N.C11H12.C4H8.2C2H6/c1-11-16-28(10)17-15-25(23(6)29(28)20(2)3)18-21(4)22(5)24-13-12-14-26(19-24)27(7,8)9;1-3-7-10(2)11-8-5-4-6-9-11;1-4(2)3;2*1-2/h12-14,18-19H,2,6,11,15-17H2,1,3-5,7-10H3;3-9H,2H2,1H3;1H2,2-3H3;2*1-2H3/b22-21+,25-18-;7-3-;;;. The minimum atomic E-state index is 0.128. The summed E-state index contributed by atoms with van der Waals surface area (Å²) in [6, 6.07) is 19.1. The fourth-order valence-corrected chi connectivity index (χ4v) is 5.52. The Balaban J connectivity index is 0. The molecule has 266 valence electrons. The molecule has 0 radical (unpaired) electrons. The van der Waals surface area contributed by atoms with Gasteiger partial charge >= 0.3 is 0 Å². The lowest BCUT2D eigenvalue weighted by Crippen LogP contribution is -2.47. The van der Waals surface area contributed by atoms with Crippen LogP contribution in [0.3, 0.4) is 0 Å². The Bertz CT molecular complexity index is 1370. The third kappa shape index (κ3) is 16.0. The lowest BCUT2D eigenvalue weighted by atomic mass is 9.80. The number of piperidine rings is 1. The van der Waals surface area contributed by atoms with E-state index in [1.807, 2.05) is 78.8 Å². The molecule has 0 N–H and O–H groups in total. The second kappa shape index (κ2) is 23.7. The summed E-state index contributed by atoms with van der Waals surface area (Å²) in [7, 11) is 0. The largest absolute Gasteiger partial charge is 0.340 e. The maximum absolute atomic E-state index is 4.48. The highest BCUT2D eigenvalue weighted by atomic mass is 15.2. The summed E-state index contributed by atoms with van der Waals surface area (Å²) in [5.41, 5.74) is 12.6. The Morgan fingerprint density at radius 2 is 1.38 bits per heavy atom. The average molecular weight is 652 g/mol. The summed E-state index contributed by atoms with van der Waals surface area (Å²) >= 11 is 0. The monoisotopic (exact) mass is 652 g/mol. The summed E-state index contributed by atoms with van der Waals surface area (Å²) < 4.78 is 0. The second-order valence-electron chi connectivity index (χ2n) is 13.7. The third-order valence-electron chi connectivity index (χ3n) is 7.94. The van der Waals surface area contributed by atoms with Gasteiger partial charge in [0.05, 0.1) is 0 Å². The summed E-state index contributed by atoms with van der Waals surface area (Å²) in [5.74, 6) is 0. The molecule has 0 amide bonds. The van der Waals surface area contributed by atoms with E-state index in [-0.39, 0.29) is 11.0 Å². The number of benzene rings is 2. The number of likely N-dealkylation sites (tertiary alicyclic amines) is 1. The van der Waals surface area contributed by atoms with Crippen LogP contribution in [0.15, 0.2) is 127 Å². The molecule has 1 unspecified atom stereocenters. The van der Waals surface area contributed by atoms with Crippen molar-refractivity contribution in [1.29, 1.82) is 0 Å². The van der Waals surface area contributed by atoms with Crippen LogP contribution in [0.2, 0.25) is 0 Å². The Hall–Kier alpha value is -3.58. The molecule has 1 nitrogen and oxygen atoms in total. The van der Waals surface area contributed by atoms with Crippen LogP contribution in [0.4, 0.5) is 0 Å². The number of rotatable bonds is 7. The molecule has 0 spiro atoms. The lowest BCUT2D eigenvalue weighted by molar-refractivity contribution is 0.149. The van der Waals surface area contributed by atoms with Crippen molar-refractivity contribution in [2.24, 2.45) is 0 Å². The summed E-state index contributed by atoms with van der Waals surface area (Å²) in [4.78, 5) is 2.38. The first-order valence-corrected chi connectivity index (χ1v) is 18.1. The van der Waals surface area contributed by atoms with Gasteiger partial charge in [0.25, 0.3) is 0 Å². The number of nitrogens with zero attached hydrogens (tertiary/aromatic N) is 1. The highest BCUT2D eigenvalue weighted by molar-refractivity contribution is 5.71. The fraction of sp³-hybridized carbons (Fsp3) is 0.447. The summed E-state index contributed by atoms with van der Waals surface area (Å²) in [6.45, 7) is 48.2. The van der Waals surface area contributed by atoms with E-state index < -0.39 is 0 Å². The molecule has 1 aliphatic heterocycles. The maximum atomic E-state index is 4.48. The Kier molecular flexibility index (Phi) is 23.0. The number of hydrogen-bond donors (Lipinski definition) is 0. The molecule has 0 aliphatic carbocycles. The quantitative estimate of drug-likeness (QED) is 0.213. The van der Waals surface area contributed by atoms with Crippen molar-refractivity contribution in [3.63, 3.8) is 0 Å². The second-order valence-corrected chi connectivity index (χ2v) is 13.7. The van der Waals surface area contributed by atoms with E-state index in [9.17, 15) is 0 Å². The van der Waals surface area contributed by atoms with Crippen LogP contribution in [0.25, 0.3) is 11.1 Å². The first-order chi connectivity index (χ1) is 22.5. The molecule has 3 rings (SSSR count). The Morgan fingerprint density at radius 1 is 0.854 bits per heavy atom. The normalized spacial score (nSPS) is 16.9. The molecule has 0 bridgehead atoms. The summed E-state index contributed by atoms with van der Waals surface area (Å²) in [6.07, 6.45) is 10.9. The first-order valence-electron chi connectivity index (χ1n) is 18.1. The van der Waals surface area contributed by atoms with Gasteiger partial charge in [0.15, 0.2) is 0 Å². The third-order valence-corrected chi connectivity index (χ3v) is 7.94. The molecule has 2 aromatic carbocycles. The van der Waals surface area contributed by atoms with Crippen LogP contribution in [0.5, 0.6) is 0 Å². The van der Waals surface area contributed by atoms with Crippen LogP contribution in [0, 0.1) is 0 Å². The van der Waals surface area contributed by atoms with Crippen molar-refractivity contribution in [1.82, 2.24) is 4.90 Å². The van der Waals surface area contributed by atoms with Gasteiger partial charge in [0, 0.05) is 16.9 Å². The van der Waals surface area contributed by atoms with Crippen LogP contribution in [-0.2, 0) is 5.41 Å². The molecule has 2 aromatic rings. The molecule has 1 fully saturated rings. The molecule has 0 aromatic heterocycles. The predicted octanol–water partition coefficient (Wildman–Crippen LogP) is 15.3. The highest BCUT2D eigenvalue weighted by Crippen LogP contribution is 2.42. The zero-order valence-corrected chi connectivity index (χ0v) is 34.0. The van der Waals surface area contributed by atoms with Crippen molar-refractivity contribution in [3.05, 3.63) is 144 Å². The topological polar surface area (TPSA) is 3.24 Å². The molecule has 1 heteroatoms. The molecule has 1 heterocycles. The minimum absolute atomic E-state index is 0.128. The molecular weight excluding hydrogens is 579 g/mol. The van der Waals surface area contributed by atoms with Gasteiger partial charge in [-0.25, -0.2) is 0 Å². The lowest BCUT2D eigenvalue weighted by Gasteiger charge is -2.49. The van der Waals surface area contributed by atoms with Crippen LogP contribution in [0.1, 0.15) is 146 Å². The van der Waals surface area contributed by atoms with E-state index in [0.717, 1.165) is 29.8 Å². The van der Waals surface area contributed by atoms with E-state index in [2.05, 4.69) is 129 Å². The van der Waals surface area contributed by atoms with Crippen LogP contribution < -0.4 is 0 Å². The Morgan fingerprint density at radius 3 is 1.83 bits per heavy atom. The van der Waals surface area contributed by atoms with Gasteiger partial charge in [-0.1, -0.05) is 160 Å². The number of hydrogen-bond acceptors (Lipinski definition) is 1. The van der Waals surface area contributed by atoms with Gasteiger partial charge in [-0.05, 0) is 112 Å². The smallest absolute Gasteiger partial charge is 0.0422 e. The van der Waals surface area contributed by atoms with Gasteiger partial charge < -0.3 is 4.90 Å². The zero-order chi connectivity index (χ0) is 37.7. The average Bonchev–Trinajstić information content (AvgIpc) is 3.04. The maximum Gasteiger partial charge on any atom is 0.0422 e. The molecule has 1 atom stereocenters. The van der Waals surface area contributed by atoms with Crippen molar-refractivity contribution < 1.29 is 0 Å². The molecule has 1 saturated heterocycles. The molecular formula is C47H73N. The van der Waals surface area contributed by atoms with Gasteiger partial charge in [-0.15, -0.1) is 6.58 Å². The van der Waals surface area contributed by atoms with E-state index in [4.69, 9.17) is 0 Å². The van der Waals surface area contributed by atoms with Gasteiger partial charge in [-0.3, -0.25) is 0 Å². The SMILES string of the molecule is C=C(/C=C\C)c1ccccc1.C=C(C)C.C=C(C)N1C(=C)/C(=C\C(C)=C(/C)c2cccc(C(C)(C)C)c2)CCC1(C)CCC.CC.CC.